The van der Waals surface area contributed by atoms with Crippen molar-refractivity contribution < 1.29 is 24.2 Å². The number of carbonyl (C=O) groups is 2. The summed E-state index contributed by atoms with van der Waals surface area (Å²) in [4.78, 5) is 21.9. The van der Waals surface area contributed by atoms with Crippen molar-refractivity contribution >= 4 is 11.9 Å². The van der Waals surface area contributed by atoms with Crippen LogP contribution in [-0.4, -0.2) is 51.9 Å². The molecule has 0 fully saturated rings. The number of hydrogen-bond acceptors (Lipinski definition) is 6. The van der Waals surface area contributed by atoms with Gasteiger partial charge in [-0.25, -0.2) is 9.48 Å². The minimum Gasteiger partial charge on any atom is -0.476 e. The van der Waals surface area contributed by atoms with E-state index in [0.29, 0.717) is 13.2 Å². The summed E-state index contributed by atoms with van der Waals surface area (Å²) in [6.45, 7) is 3.06. The highest BCUT2D eigenvalue weighted by Crippen LogP contribution is 1.94. The fourth-order valence-electron chi connectivity index (χ4n) is 1.21. The van der Waals surface area contributed by atoms with Crippen molar-refractivity contribution in [3.8, 4) is 0 Å². The Bertz CT molecular complexity index is 418. The van der Waals surface area contributed by atoms with Crippen molar-refractivity contribution in [3.05, 3.63) is 11.9 Å². The standard InChI is InChI=1S/C11H17N3O5/c1-2-3-4-18-5-6-19-10(15)8-14-7-9(11(16)17)12-13-14/h7H,2-6,8H2,1H3,(H,16,17). The number of carboxylic acid groups (broad SMARTS) is 1. The third-order valence-electron chi connectivity index (χ3n) is 2.18. The van der Waals surface area contributed by atoms with Crippen LogP contribution in [0.3, 0.4) is 0 Å². The molecule has 19 heavy (non-hydrogen) atoms. The molecule has 0 saturated heterocycles. The second kappa shape index (κ2) is 8.20. The van der Waals surface area contributed by atoms with Gasteiger partial charge >= 0.3 is 11.9 Å². The van der Waals surface area contributed by atoms with E-state index in [9.17, 15) is 9.59 Å². The topological polar surface area (TPSA) is 104 Å². The first kappa shape index (κ1) is 15.1. The first-order valence-electron chi connectivity index (χ1n) is 6.00. The highest BCUT2D eigenvalue weighted by Gasteiger charge is 2.11. The van der Waals surface area contributed by atoms with E-state index in [-0.39, 0.29) is 18.8 Å². The summed E-state index contributed by atoms with van der Waals surface area (Å²) in [5, 5.41) is 15.5. The van der Waals surface area contributed by atoms with Crippen LogP contribution in [0.4, 0.5) is 0 Å². The molecule has 1 aromatic rings. The fourth-order valence-corrected chi connectivity index (χ4v) is 1.21. The Morgan fingerprint density at radius 1 is 1.37 bits per heavy atom. The molecule has 0 aromatic carbocycles. The molecular formula is C11H17N3O5. The molecule has 0 atom stereocenters. The van der Waals surface area contributed by atoms with Gasteiger partial charge in [0.05, 0.1) is 12.8 Å². The van der Waals surface area contributed by atoms with Crippen LogP contribution < -0.4 is 0 Å². The van der Waals surface area contributed by atoms with Gasteiger partial charge in [-0.05, 0) is 6.42 Å². The number of carbonyl (C=O) groups excluding carboxylic acids is 1. The quantitative estimate of drug-likeness (QED) is 0.510. The second-order valence-corrected chi connectivity index (χ2v) is 3.79. The molecule has 0 amide bonds. The number of carboxylic acids is 1. The molecule has 1 rings (SSSR count). The molecule has 0 saturated carbocycles. The molecule has 1 heterocycles. The Kier molecular flexibility index (Phi) is 6.51. The molecule has 0 spiro atoms. The Balaban J connectivity index is 2.18. The normalized spacial score (nSPS) is 10.4. The number of esters is 1. The smallest absolute Gasteiger partial charge is 0.358 e. The minimum atomic E-state index is -1.19. The van der Waals surface area contributed by atoms with Crippen LogP contribution in [0.5, 0.6) is 0 Å². The van der Waals surface area contributed by atoms with Crippen molar-refractivity contribution in [2.45, 2.75) is 26.3 Å². The Morgan fingerprint density at radius 3 is 2.79 bits per heavy atom. The van der Waals surface area contributed by atoms with E-state index in [2.05, 4.69) is 17.2 Å². The third kappa shape index (κ3) is 5.96. The number of ether oxygens (including phenoxy) is 2. The second-order valence-electron chi connectivity index (χ2n) is 3.79. The predicted octanol–water partition coefficient (Wildman–Crippen LogP) is 0.336. The van der Waals surface area contributed by atoms with E-state index in [1.54, 1.807) is 0 Å². The van der Waals surface area contributed by atoms with Gasteiger partial charge in [-0.15, -0.1) is 5.10 Å². The van der Waals surface area contributed by atoms with E-state index < -0.39 is 11.9 Å². The zero-order chi connectivity index (χ0) is 14.1. The molecule has 0 unspecified atom stereocenters. The SMILES string of the molecule is CCCCOCCOC(=O)Cn1cc(C(=O)O)nn1. The number of aromatic carboxylic acids is 1. The average molecular weight is 271 g/mol. The Hall–Kier alpha value is -1.96. The van der Waals surface area contributed by atoms with Gasteiger partial charge in [0.1, 0.15) is 13.2 Å². The van der Waals surface area contributed by atoms with Crippen molar-refractivity contribution in [2.75, 3.05) is 19.8 Å². The van der Waals surface area contributed by atoms with Crippen molar-refractivity contribution in [1.82, 2.24) is 15.0 Å². The summed E-state index contributed by atoms with van der Waals surface area (Å²) in [5.74, 6) is -1.70. The predicted molar refractivity (Wildman–Crippen MR) is 63.7 cm³/mol. The maximum atomic E-state index is 11.4. The van der Waals surface area contributed by atoms with Crippen LogP contribution >= 0.6 is 0 Å². The van der Waals surface area contributed by atoms with Crippen molar-refractivity contribution in [3.63, 3.8) is 0 Å². The van der Waals surface area contributed by atoms with E-state index in [0.717, 1.165) is 17.5 Å². The van der Waals surface area contributed by atoms with Gasteiger partial charge in [-0.2, -0.15) is 0 Å². The number of unbranched alkanes of at least 4 members (excludes halogenated alkanes) is 1. The molecule has 106 valence electrons. The largest absolute Gasteiger partial charge is 0.476 e. The van der Waals surface area contributed by atoms with Crippen LogP contribution in [-0.2, 0) is 20.8 Å². The van der Waals surface area contributed by atoms with E-state index >= 15 is 0 Å². The number of aromatic nitrogens is 3. The molecule has 0 radical (unpaired) electrons. The molecular weight excluding hydrogens is 254 g/mol. The lowest BCUT2D eigenvalue weighted by Crippen LogP contribution is -2.17. The lowest BCUT2D eigenvalue weighted by atomic mass is 10.4. The van der Waals surface area contributed by atoms with Gasteiger partial charge in [-0.3, -0.25) is 4.79 Å². The summed E-state index contributed by atoms with van der Waals surface area (Å²) in [5.41, 5.74) is -0.212. The monoisotopic (exact) mass is 271 g/mol. The van der Waals surface area contributed by atoms with Crippen LogP contribution in [0.25, 0.3) is 0 Å². The maximum absolute atomic E-state index is 11.4. The molecule has 8 nitrogen and oxygen atoms in total. The van der Waals surface area contributed by atoms with Crippen LogP contribution in [0.2, 0.25) is 0 Å². The molecule has 1 aromatic heterocycles. The van der Waals surface area contributed by atoms with Gasteiger partial charge in [0.15, 0.2) is 5.69 Å². The van der Waals surface area contributed by atoms with Gasteiger partial charge in [0.2, 0.25) is 0 Å². The molecule has 8 heteroatoms. The van der Waals surface area contributed by atoms with Gasteiger partial charge < -0.3 is 14.6 Å². The summed E-state index contributed by atoms with van der Waals surface area (Å²) < 4.78 is 11.2. The molecule has 1 N–H and O–H groups in total. The average Bonchev–Trinajstić information content (AvgIpc) is 2.82. The van der Waals surface area contributed by atoms with Crippen LogP contribution in [0.15, 0.2) is 6.20 Å². The lowest BCUT2D eigenvalue weighted by Gasteiger charge is -2.05. The Morgan fingerprint density at radius 2 is 2.16 bits per heavy atom. The summed E-state index contributed by atoms with van der Waals surface area (Å²) >= 11 is 0. The van der Waals surface area contributed by atoms with Crippen molar-refractivity contribution in [2.24, 2.45) is 0 Å². The molecule has 0 aliphatic carbocycles. The first-order chi connectivity index (χ1) is 9.13. The van der Waals surface area contributed by atoms with E-state index in [4.69, 9.17) is 14.6 Å². The highest BCUT2D eigenvalue weighted by atomic mass is 16.6. The van der Waals surface area contributed by atoms with Gasteiger partial charge in [0, 0.05) is 6.61 Å². The van der Waals surface area contributed by atoms with E-state index in [1.807, 2.05) is 0 Å². The lowest BCUT2D eigenvalue weighted by molar-refractivity contribution is -0.146. The maximum Gasteiger partial charge on any atom is 0.358 e. The third-order valence-corrected chi connectivity index (χ3v) is 2.18. The highest BCUT2D eigenvalue weighted by molar-refractivity contribution is 5.84. The molecule has 0 aliphatic rings. The van der Waals surface area contributed by atoms with Gasteiger partial charge in [-0.1, -0.05) is 18.6 Å². The Labute approximate surface area is 110 Å². The molecule has 0 aliphatic heterocycles. The van der Waals surface area contributed by atoms with Gasteiger partial charge in [0.25, 0.3) is 0 Å². The minimum absolute atomic E-state index is 0.170. The zero-order valence-electron chi connectivity index (χ0n) is 10.7. The number of nitrogens with zero attached hydrogens (tertiary/aromatic N) is 3. The summed E-state index contributed by atoms with van der Waals surface area (Å²) in [6, 6.07) is 0. The summed E-state index contributed by atoms with van der Waals surface area (Å²) in [7, 11) is 0. The number of hydrogen-bond donors (Lipinski definition) is 1. The number of rotatable bonds is 9. The van der Waals surface area contributed by atoms with Crippen molar-refractivity contribution in [1.29, 1.82) is 0 Å². The first-order valence-corrected chi connectivity index (χ1v) is 6.00. The van der Waals surface area contributed by atoms with Crippen LogP contribution in [0.1, 0.15) is 30.3 Å². The summed E-state index contributed by atoms with van der Waals surface area (Å²) in [6.07, 6.45) is 3.20. The van der Waals surface area contributed by atoms with E-state index in [1.165, 1.54) is 6.20 Å². The zero-order valence-corrected chi connectivity index (χ0v) is 10.7. The molecule has 0 bridgehead atoms. The fraction of sp³-hybridized carbons (Fsp3) is 0.636. The van der Waals surface area contributed by atoms with Crippen LogP contribution in [0, 0.1) is 0 Å².